The van der Waals surface area contributed by atoms with E-state index in [1.54, 1.807) is 23.7 Å². The van der Waals surface area contributed by atoms with Crippen molar-refractivity contribution < 1.29 is 0 Å². The lowest BCUT2D eigenvalue weighted by atomic mass is 9.98. The van der Waals surface area contributed by atoms with Crippen molar-refractivity contribution in [1.29, 1.82) is 0 Å². The molecule has 1 aliphatic carbocycles. The van der Waals surface area contributed by atoms with Gasteiger partial charge in [0.05, 0.1) is 17.4 Å². The van der Waals surface area contributed by atoms with Gasteiger partial charge in [0.1, 0.15) is 5.82 Å². The Morgan fingerprint density at radius 3 is 3.00 bits per heavy atom. The molecule has 4 rings (SSSR count). The average molecular weight is 315 g/mol. The zero-order valence-electron chi connectivity index (χ0n) is 12.8. The van der Waals surface area contributed by atoms with E-state index in [-0.39, 0.29) is 0 Å². The molecular weight excluding hydrogens is 294 g/mol. The van der Waals surface area contributed by atoms with E-state index in [0.717, 1.165) is 24.2 Å². The minimum Gasteiger partial charge on any atom is -0.366 e. The summed E-state index contributed by atoms with van der Waals surface area (Å²) in [5.74, 6) is 2.46. The molecule has 2 aromatic rings. The molecule has 0 radical (unpaired) electrons. The van der Waals surface area contributed by atoms with Gasteiger partial charge >= 0.3 is 0 Å². The molecule has 2 aliphatic rings. The number of nitrogens with zero attached hydrogens (tertiary/aromatic N) is 4. The molecule has 0 aromatic carbocycles. The normalized spacial score (nSPS) is 28.0. The number of hydrogen-bond donors (Lipinski definition) is 1. The average Bonchev–Trinajstić information content (AvgIpc) is 3.20. The lowest BCUT2D eigenvalue weighted by Crippen LogP contribution is -2.30. The number of thiazole rings is 1. The summed E-state index contributed by atoms with van der Waals surface area (Å²) in [4.78, 5) is 16.9. The number of rotatable bonds is 4. The fourth-order valence-electron chi connectivity index (χ4n) is 3.91. The van der Waals surface area contributed by atoms with Crippen LogP contribution in [0.15, 0.2) is 24.1 Å². The monoisotopic (exact) mass is 315 g/mol. The van der Waals surface area contributed by atoms with Crippen LogP contribution in [0.3, 0.4) is 0 Å². The Morgan fingerprint density at radius 2 is 2.23 bits per heavy atom. The molecule has 1 saturated heterocycles. The topological polar surface area (TPSA) is 53.9 Å². The molecule has 3 heterocycles. The van der Waals surface area contributed by atoms with Crippen LogP contribution in [0.1, 0.15) is 23.4 Å². The minimum absolute atomic E-state index is 0.536. The lowest BCUT2D eigenvalue weighted by molar-refractivity contribution is 0.302. The molecule has 2 fully saturated rings. The predicted molar refractivity (Wildman–Crippen MR) is 87.8 cm³/mol. The van der Waals surface area contributed by atoms with Gasteiger partial charge in [0.15, 0.2) is 0 Å². The Kier molecular flexibility index (Phi) is 3.80. The highest BCUT2D eigenvalue weighted by Crippen LogP contribution is 2.40. The second kappa shape index (κ2) is 5.93. The van der Waals surface area contributed by atoms with E-state index in [4.69, 9.17) is 0 Å². The van der Waals surface area contributed by atoms with Crippen LogP contribution >= 0.6 is 11.3 Å². The maximum Gasteiger partial charge on any atom is 0.144 e. The molecular formula is C16H21N5S. The molecule has 116 valence electrons. The van der Waals surface area contributed by atoms with Crippen molar-refractivity contribution in [2.24, 2.45) is 11.8 Å². The van der Waals surface area contributed by atoms with Crippen molar-refractivity contribution >= 4 is 17.2 Å². The van der Waals surface area contributed by atoms with E-state index in [0.29, 0.717) is 6.04 Å². The van der Waals surface area contributed by atoms with Crippen LogP contribution < -0.4 is 5.32 Å². The summed E-state index contributed by atoms with van der Waals surface area (Å²) >= 11 is 1.78. The summed E-state index contributed by atoms with van der Waals surface area (Å²) in [6.45, 7) is 5.57. The smallest absolute Gasteiger partial charge is 0.144 e. The molecule has 1 saturated carbocycles. The number of anilines is 1. The number of likely N-dealkylation sites (tertiary alicyclic amines) is 1. The highest BCUT2D eigenvalue weighted by atomic mass is 32.1. The van der Waals surface area contributed by atoms with Gasteiger partial charge in [-0.1, -0.05) is 0 Å². The Hall–Kier alpha value is -1.53. The zero-order chi connectivity index (χ0) is 14.9. The van der Waals surface area contributed by atoms with Gasteiger partial charge in [-0.15, -0.1) is 11.3 Å². The van der Waals surface area contributed by atoms with Gasteiger partial charge < -0.3 is 5.32 Å². The molecule has 22 heavy (non-hydrogen) atoms. The first kappa shape index (κ1) is 14.1. The third-order valence-corrected chi connectivity index (χ3v) is 5.96. The lowest BCUT2D eigenvalue weighted by Gasteiger charge is -2.21. The first-order valence-corrected chi connectivity index (χ1v) is 8.81. The molecule has 1 N–H and O–H groups in total. The molecule has 6 heteroatoms. The largest absolute Gasteiger partial charge is 0.366 e. The highest BCUT2D eigenvalue weighted by molar-refractivity contribution is 7.09. The van der Waals surface area contributed by atoms with Crippen molar-refractivity contribution in [1.82, 2.24) is 19.9 Å². The van der Waals surface area contributed by atoms with Crippen LogP contribution in [0.4, 0.5) is 5.82 Å². The number of hydrogen-bond acceptors (Lipinski definition) is 6. The fraction of sp³-hybridized carbons (Fsp3) is 0.562. The van der Waals surface area contributed by atoms with Crippen LogP contribution in [-0.4, -0.2) is 39.0 Å². The van der Waals surface area contributed by atoms with Crippen LogP contribution in [-0.2, 0) is 6.54 Å². The number of fused-ring (bicyclic) bond motifs is 1. The van der Waals surface area contributed by atoms with Crippen LogP contribution in [0.5, 0.6) is 0 Å². The number of aryl methyl sites for hydroxylation is 1. The Bertz CT molecular complexity index is 628. The van der Waals surface area contributed by atoms with Gasteiger partial charge in [0, 0.05) is 42.9 Å². The van der Waals surface area contributed by atoms with Gasteiger partial charge in [-0.3, -0.25) is 9.88 Å². The fourth-order valence-corrected chi connectivity index (χ4v) is 4.73. The summed E-state index contributed by atoms with van der Waals surface area (Å²) in [6.07, 6.45) is 7.86. The second-order valence-electron chi connectivity index (χ2n) is 6.40. The van der Waals surface area contributed by atoms with Crippen molar-refractivity contribution in [3.63, 3.8) is 0 Å². The minimum atomic E-state index is 0.536. The third kappa shape index (κ3) is 2.73. The van der Waals surface area contributed by atoms with Gasteiger partial charge in [-0.25, -0.2) is 9.97 Å². The van der Waals surface area contributed by atoms with E-state index < -0.39 is 0 Å². The van der Waals surface area contributed by atoms with E-state index in [2.05, 4.69) is 32.1 Å². The summed E-state index contributed by atoms with van der Waals surface area (Å²) in [7, 11) is 0. The van der Waals surface area contributed by atoms with Crippen LogP contribution in [0.25, 0.3) is 0 Å². The van der Waals surface area contributed by atoms with Crippen LogP contribution in [0, 0.1) is 18.8 Å². The van der Waals surface area contributed by atoms with Gasteiger partial charge in [0.25, 0.3) is 0 Å². The predicted octanol–water partition coefficient (Wildman–Crippen LogP) is 2.56. The summed E-state index contributed by atoms with van der Waals surface area (Å²) < 4.78 is 0. The third-order valence-electron chi connectivity index (χ3n) is 5.04. The molecule has 0 spiro atoms. The molecule has 0 bridgehead atoms. The number of nitrogens with one attached hydrogen (secondary N) is 1. The first-order chi connectivity index (χ1) is 10.8. The molecule has 3 atom stereocenters. The molecule has 5 nitrogen and oxygen atoms in total. The number of aromatic nitrogens is 3. The van der Waals surface area contributed by atoms with Gasteiger partial charge in [0.2, 0.25) is 0 Å². The van der Waals surface area contributed by atoms with E-state index >= 15 is 0 Å². The first-order valence-electron chi connectivity index (χ1n) is 7.93. The van der Waals surface area contributed by atoms with Gasteiger partial charge in [-0.2, -0.15) is 0 Å². The Morgan fingerprint density at radius 1 is 1.27 bits per heavy atom. The quantitative estimate of drug-likeness (QED) is 0.940. The zero-order valence-corrected chi connectivity index (χ0v) is 13.6. The summed E-state index contributed by atoms with van der Waals surface area (Å²) in [5, 5.41) is 3.59. The maximum absolute atomic E-state index is 4.37. The summed E-state index contributed by atoms with van der Waals surface area (Å²) in [5.41, 5.74) is 3.15. The van der Waals surface area contributed by atoms with Crippen molar-refractivity contribution in [3.05, 3.63) is 34.7 Å². The SMILES string of the molecule is Cc1ncsc1CN1C[C@H]2CC[C@@H](Nc3cnccn3)[C@H]2C1. The van der Waals surface area contributed by atoms with E-state index in [1.807, 2.05) is 11.7 Å². The van der Waals surface area contributed by atoms with Crippen molar-refractivity contribution in [3.8, 4) is 0 Å². The second-order valence-corrected chi connectivity index (χ2v) is 7.34. The van der Waals surface area contributed by atoms with E-state index in [9.17, 15) is 0 Å². The maximum atomic E-state index is 4.37. The highest BCUT2D eigenvalue weighted by Gasteiger charge is 2.42. The molecule has 0 amide bonds. The molecule has 1 aliphatic heterocycles. The Labute approximate surface area is 134 Å². The molecule has 2 aromatic heterocycles. The van der Waals surface area contributed by atoms with E-state index in [1.165, 1.54) is 36.5 Å². The van der Waals surface area contributed by atoms with Crippen LogP contribution in [0.2, 0.25) is 0 Å². The standard InChI is InChI=1S/C16H21N5S/c1-11-15(22-10-19-11)9-21-7-12-2-3-14(13(12)8-21)20-16-6-17-4-5-18-16/h4-6,10,12-14H,2-3,7-9H2,1H3,(H,18,20)/t12-,13+,14-/m1/s1. The molecule has 0 unspecified atom stereocenters. The van der Waals surface area contributed by atoms with Gasteiger partial charge in [-0.05, 0) is 31.6 Å². The summed E-state index contributed by atoms with van der Waals surface area (Å²) in [6, 6.07) is 0.536. The van der Waals surface area contributed by atoms with Crippen molar-refractivity contribution in [2.75, 3.05) is 18.4 Å². The van der Waals surface area contributed by atoms with Crippen molar-refractivity contribution in [2.45, 2.75) is 32.4 Å². The Balaban J connectivity index is 1.40.